The standard InChI is InChI=1S/C15H23N3/c1-18-12-14(11-17-18)7-10-15(13-16)8-5-3-2-4-6-9-15/h11-12H,2-10H2,1H3. The van der Waals surface area contributed by atoms with Gasteiger partial charge in [0.25, 0.3) is 0 Å². The van der Waals surface area contributed by atoms with Gasteiger partial charge >= 0.3 is 0 Å². The fourth-order valence-corrected chi connectivity index (χ4v) is 2.98. The normalized spacial score (nSPS) is 19.8. The topological polar surface area (TPSA) is 41.6 Å². The van der Waals surface area contributed by atoms with Crippen LogP contribution in [0.1, 0.15) is 56.9 Å². The van der Waals surface area contributed by atoms with Crippen molar-refractivity contribution in [3.05, 3.63) is 18.0 Å². The highest BCUT2D eigenvalue weighted by atomic mass is 15.2. The highest BCUT2D eigenvalue weighted by Gasteiger charge is 2.29. The van der Waals surface area contributed by atoms with E-state index in [0.717, 1.165) is 25.7 Å². The van der Waals surface area contributed by atoms with Crippen LogP contribution in [0, 0.1) is 16.7 Å². The molecule has 1 fully saturated rings. The van der Waals surface area contributed by atoms with E-state index in [1.807, 2.05) is 17.9 Å². The van der Waals surface area contributed by atoms with Crippen LogP contribution in [0.2, 0.25) is 0 Å². The van der Waals surface area contributed by atoms with Gasteiger partial charge in [-0.05, 0) is 31.2 Å². The summed E-state index contributed by atoms with van der Waals surface area (Å²) in [7, 11) is 1.94. The molecule has 98 valence electrons. The first-order valence-corrected chi connectivity index (χ1v) is 7.13. The molecule has 1 aromatic rings. The molecule has 1 saturated carbocycles. The Bertz CT molecular complexity index is 406. The molecule has 0 unspecified atom stereocenters. The Morgan fingerprint density at radius 1 is 1.28 bits per heavy atom. The summed E-state index contributed by atoms with van der Waals surface area (Å²) in [4.78, 5) is 0. The zero-order valence-corrected chi connectivity index (χ0v) is 11.4. The number of aryl methyl sites for hydroxylation is 2. The number of rotatable bonds is 3. The van der Waals surface area contributed by atoms with E-state index < -0.39 is 0 Å². The summed E-state index contributed by atoms with van der Waals surface area (Å²) in [5.74, 6) is 0. The predicted octanol–water partition coefficient (Wildman–Crippen LogP) is 3.61. The molecule has 0 radical (unpaired) electrons. The van der Waals surface area contributed by atoms with Crippen LogP contribution in [0.4, 0.5) is 0 Å². The Morgan fingerprint density at radius 2 is 1.94 bits per heavy atom. The lowest BCUT2D eigenvalue weighted by Gasteiger charge is -2.28. The van der Waals surface area contributed by atoms with Crippen LogP contribution in [-0.4, -0.2) is 9.78 Å². The van der Waals surface area contributed by atoms with E-state index in [1.54, 1.807) is 0 Å². The fraction of sp³-hybridized carbons (Fsp3) is 0.733. The molecule has 2 rings (SSSR count). The minimum atomic E-state index is -0.0732. The van der Waals surface area contributed by atoms with Gasteiger partial charge in [-0.3, -0.25) is 4.68 Å². The molecule has 0 amide bonds. The largest absolute Gasteiger partial charge is 0.276 e. The smallest absolute Gasteiger partial charge is 0.0689 e. The van der Waals surface area contributed by atoms with Crippen molar-refractivity contribution < 1.29 is 0 Å². The number of nitrogens with zero attached hydrogens (tertiary/aromatic N) is 3. The van der Waals surface area contributed by atoms with Crippen molar-refractivity contribution in [2.24, 2.45) is 12.5 Å². The maximum Gasteiger partial charge on any atom is 0.0689 e. The zero-order chi connectivity index (χ0) is 12.8. The quantitative estimate of drug-likeness (QED) is 0.816. The van der Waals surface area contributed by atoms with Gasteiger partial charge in [0.1, 0.15) is 0 Å². The summed E-state index contributed by atoms with van der Waals surface area (Å²) >= 11 is 0. The monoisotopic (exact) mass is 245 g/mol. The first kappa shape index (κ1) is 13.1. The third-order valence-corrected chi connectivity index (χ3v) is 4.20. The Balaban J connectivity index is 1.96. The summed E-state index contributed by atoms with van der Waals surface area (Å²) in [5.41, 5.74) is 1.19. The first-order valence-electron chi connectivity index (χ1n) is 7.13. The minimum absolute atomic E-state index is 0.0732. The molecular formula is C15H23N3. The average Bonchev–Trinajstić information content (AvgIpc) is 2.75. The van der Waals surface area contributed by atoms with E-state index in [4.69, 9.17) is 0 Å². The first-order chi connectivity index (χ1) is 8.74. The van der Waals surface area contributed by atoms with E-state index in [9.17, 15) is 5.26 Å². The second kappa shape index (κ2) is 6.04. The van der Waals surface area contributed by atoms with E-state index in [0.29, 0.717) is 0 Å². The van der Waals surface area contributed by atoms with Crippen molar-refractivity contribution in [1.82, 2.24) is 9.78 Å². The van der Waals surface area contributed by atoms with Gasteiger partial charge < -0.3 is 0 Å². The van der Waals surface area contributed by atoms with Gasteiger partial charge in [-0.15, -0.1) is 0 Å². The number of nitriles is 1. The molecule has 0 saturated heterocycles. The minimum Gasteiger partial charge on any atom is -0.276 e. The predicted molar refractivity (Wildman–Crippen MR) is 71.9 cm³/mol. The molecule has 3 heteroatoms. The summed E-state index contributed by atoms with van der Waals surface area (Å²) in [6, 6.07) is 2.64. The zero-order valence-electron chi connectivity index (χ0n) is 11.4. The lowest BCUT2D eigenvalue weighted by Crippen LogP contribution is -2.21. The van der Waals surface area contributed by atoms with Crippen LogP contribution in [0.5, 0.6) is 0 Å². The van der Waals surface area contributed by atoms with Crippen molar-refractivity contribution in [2.45, 2.75) is 57.8 Å². The molecule has 3 nitrogen and oxygen atoms in total. The molecule has 0 atom stereocenters. The molecule has 1 aromatic heterocycles. The summed E-state index contributed by atoms with van der Waals surface area (Å²) in [6.45, 7) is 0. The van der Waals surface area contributed by atoms with Crippen LogP contribution in [0.15, 0.2) is 12.4 Å². The van der Waals surface area contributed by atoms with Crippen molar-refractivity contribution in [2.75, 3.05) is 0 Å². The third-order valence-electron chi connectivity index (χ3n) is 4.20. The summed E-state index contributed by atoms with van der Waals surface area (Å²) in [5, 5.41) is 13.8. The van der Waals surface area contributed by atoms with Gasteiger partial charge in [0.2, 0.25) is 0 Å². The molecule has 1 heterocycles. The van der Waals surface area contributed by atoms with Crippen LogP contribution in [0.3, 0.4) is 0 Å². The third kappa shape index (κ3) is 3.35. The Labute approximate surface area is 110 Å². The highest BCUT2D eigenvalue weighted by molar-refractivity contribution is 5.07. The molecular weight excluding hydrogens is 222 g/mol. The molecule has 18 heavy (non-hydrogen) atoms. The Hall–Kier alpha value is -1.30. The molecule has 0 aromatic carbocycles. The molecule has 0 N–H and O–H groups in total. The van der Waals surface area contributed by atoms with Crippen LogP contribution < -0.4 is 0 Å². The van der Waals surface area contributed by atoms with Crippen LogP contribution >= 0.6 is 0 Å². The molecule has 0 spiro atoms. The van der Waals surface area contributed by atoms with Gasteiger partial charge in [0.05, 0.1) is 17.7 Å². The van der Waals surface area contributed by atoms with Crippen LogP contribution in [-0.2, 0) is 13.5 Å². The SMILES string of the molecule is Cn1cc(CCC2(C#N)CCCCCCC2)cn1. The Morgan fingerprint density at radius 3 is 2.50 bits per heavy atom. The molecule has 0 bridgehead atoms. The van der Waals surface area contributed by atoms with Gasteiger partial charge in [0.15, 0.2) is 0 Å². The molecule has 1 aliphatic carbocycles. The molecule has 0 aliphatic heterocycles. The molecule has 1 aliphatic rings. The summed E-state index contributed by atoms with van der Waals surface area (Å²) < 4.78 is 1.84. The van der Waals surface area contributed by atoms with Crippen molar-refractivity contribution >= 4 is 0 Å². The van der Waals surface area contributed by atoms with E-state index in [2.05, 4.69) is 17.4 Å². The highest BCUT2D eigenvalue weighted by Crippen LogP contribution is 2.37. The lowest BCUT2D eigenvalue weighted by atomic mass is 9.74. The maximum atomic E-state index is 9.57. The second-order valence-corrected chi connectivity index (χ2v) is 5.68. The summed E-state index contributed by atoms with van der Waals surface area (Å²) in [6.07, 6.45) is 14.5. The fourth-order valence-electron chi connectivity index (χ4n) is 2.98. The van der Waals surface area contributed by atoms with Crippen LogP contribution in [0.25, 0.3) is 0 Å². The average molecular weight is 245 g/mol. The maximum absolute atomic E-state index is 9.57. The Kier molecular flexibility index (Phi) is 4.41. The lowest BCUT2D eigenvalue weighted by molar-refractivity contribution is 0.270. The second-order valence-electron chi connectivity index (χ2n) is 5.68. The van der Waals surface area contributed by atoms with Crippen molar-refractivity contribution in [1.29, 1.82) is 5.26 Å². The van der Waals surface area contributed by atoms with Gasteiger partial charge in [-0.25, -0.2) is 0 Å². The van der Waals surface area contributed by atoms with E-state index in [1.165, 1.54) is 37.7 Å². The van der Waals surface area contributed by atoms with Gasteiger partial charge in [-0.2, -0.15) is 10.4 Å². The van der Waals surface area contributed by atoms with E-state index >= 15 is 0 Å². The number of hydrogen-bond acceptors (Lipinski definition) is 2. The van der Waals surface area contributed by atoms with E-state index in [-0.39, 0.29) is 5.41 Å². The van der Waals surface area contributed by atoms with Gasteiger partial charge in [-0.1, -0.05) is 32.1 Å². The van der Waals surface area contributed by atoms with Crippen molar-refractivity contribution in [3.8, 4) is 6.07 Å². The number of hydrogen-bond donors (Lipinski definition) is 0. The van der Waals surface area contributed by atoms with Crippen molar-refractivity contribution in [3.63, 3.8) is 0 Å². The number of aromatic nitrogens is 2. The van der Waals surface area contributed by atoms with Gasteiger partial charge in [0, 0.05) is 13.2 Å².